The summed E-state index contributed by atoms with van der Waals surface area (Å²) in [4.78, 5) is 23.0. The summed E-state index contributed by atoms with van der Waals surface area (Å²) in [6.07, 6.45) is 3.35. The predicted molar refractivity (Wildman–Crippen MR) is 106 cm³/mol. The summed E-state index contributed by atoms with van der Waals surface area (Å²) in [5, 5.41) is 21.8. The molecule has 1 aliphatic carbocycles. The van der Waals surface area contributed by atoms with Gasteiger partial charge in [0.15, 0.2) is 0 Å². The lowest BCUT2D eigenvalue weighted by Gasteiger charge is -2.35. The summed E-state index contributed by atoms with van der Waals surface area (Å²) in [6.45, 7) is 6.22. The van der Waals surface area contributed by atoms with Crippen molar-refractivity contribution in [2.75, 3.05) is 0 Å². The van der Waals surface area contributed by atoms with Gasteiger partial charge in [-0.15, -0.1) is 10.2 Å². The van der Waals surface area contributed by atoms with Crippen molar-refractivity contribution in [2.45, 2.75) is 56.5 Å². The minimum Gasteiger partial charge on any atom is -0.411 e. The van der Waals surface area contributed by atoms with Gasteiger partial charge in [-0.3, -0.25) is 14.9 Å². The number of hydrogen-bond acceptors (Lipinski definition) is 7. The van der Waals surface area contributed by atoms with E-state index in [-0.39, 0.29) is 34.0 Å². The van der Waals surface area contributed by atoms with Crippen molar-refractivity contribution in [3.8, 4) is 11.5 Å². The number of carbonyl (C=O) groups excluding carboxylic acids is 1. The van der Waals surface area contributed by atoms with Crippen LogP contribution in [0.5, 0.6) is 0 Å². The van der Waals surface area contributed by atoms with Crippen molar-refractivity contribution in [3.05, 3.63) is 34.4 Å². The van der Waals surface area contributed by atoms with Gasteiger partial charge in [-0.05, 0) is 31.2 Å². The Morgan fingerprint density at radius 3 is 2.89 bits per heavy atom. The average molecular weight is 404 g/mol. The fourth-order valence-corrected chi connectivity index (χ4v) is 4.11. The van der Waals surface area contributed by atoms with Gasteiger partial charge in [0.1, 0.15) is 0 Å². The minimum absolute atomic E-state index is 0.0477. The molecule has 0 spiro atoms. The third kappa shape index (κ3) is 4.70. The number of nitro groups is 1. The molecule has 1 saturated carbocycles. The van der Waals surface area contributed by atoms with Crippen molar-refractivity contribution in [1.29, 1.82) is 0 Å². The molecule has 4 atom stereocenters. The Balaban J connectivity index is 1.62. The second-order valence-corrected chi connectivity index (χ2v) is 8.62. The SMILES string of the molecule is C[C@@H]1[C@H](C)CCC[C@@H]1NC(=O)[C@@H](C)Sc1nnc(-c2cccc([N+](=O)[O-])c2)o1. The largest absolute Gasteiger partial charge is 0.411 e. The quantitative estimate of drug-likeness (QED) is 0.439. The highest BCUT2D eigenvalue weighted by Crippen LogP contribution is 2.31. The molecule has 28 heavy (non-hydrogen) atoms. The average Bonchev–Trinajstić information content (AvgIpc) is 3.14. The minimum atomic E-state index is -0.477. The van der Waals surface area contributed by atoms with Gasteiger partial charge in [0.25, 0.3) is 10.9 Å². The van der Waals surface area contributed by atoms with Gasteiger partial charge in [0, 0.05) is 23.7 Å². The molecule has 1 amide bonds. The van der Waals surface area contributed by atoms with E-state index in [1.54, 1.807) is 19.1 Å². The Kier molecular flexibility index (Phi) is 6.33. The van der Waals surface area contributed by atoms with Gasteiger partial charge in [0.2, 0.25) is 11.8 Å². The summed E-state index contributed by atoms with van der Waals surface area (Å²) < 4.78 is 5.59. The fourth-order valence-electron chi connectivity index (χ4n) is 3.42. The standard InChI is InChI=1S/C19H24N4O4S/c1-11-6-4-9-16(12(11)2)20-17(24)13(3)28-19-22-21-18(27-19)14-7-5-8-15(10-14)23(25)26/h5,7-8,10-13,16H,4,6,9H2,1-3H3,(H,20,24)/t11-,12-,13-,16+/m1/s1. The summed E-state index contributed by atoms with van der Waals surface area (Å²) in [5.41, 5.74) is 0.421. The number of nitrogens with zero attached hydrogens (tertiary/aromatic N) is 3. The van der Waals surface area contributed by atoms with Crippen LogP contribution in [0.25, 0.3) is 11.5 Å². The van der Waals surface area contributed by atoms with E-state index in [0.29, 0.717) is 17.4 Å². The van der Waals surface area contributed by atoms with Crippen LogP contribution in [0, 0.1) is 22.0 Å². The molecule has 1 aromatic carbocycles. The first-order valence-electron chi connectivity index (χ1n) is 9.40. The molecule has 9 heteroatoms. The molecule has 8 nitrogen and oxygen atoms in total. The molecule has 150 valence electrons. The van der Waals surface area contributed by atoms with Gasteiger partial charge in [-0.25, -0.2) is 0 Å². The zero-order valence-electron chi connectivity index (χ0n) is 16.1. The molecule has 1 heterocycles. The molecule has 0 aliphatic heterocycles. The second-order valence-electron chi connectivity index (χ2n) is 7.32. The van der Waals surface area contributed by atoms with Crippen molar-refractivity contribution in [3.63, 3.8) is 0 Å². The second kappa shape index (κ2) is 8.72. The van der Waals surface area contributed by atoms with Crippen LogP contribution in [0.4, 0.5) is 5.69 Å². The smallest absolute Gasteiger partial charge is 0.277 e. The molecule has 1 aromatic heterocycles. The van der Waals surface area contributed by atoms with Crippen LogP contribution < -0.4 is 5.32 Å². The van der Waals surface area contributed by atoms with E-state index in [2.05, 4.69) is 29.4 Å². The van der Waals surface area contributed by atoms with Gasteiger partial charge in [-0.1, -0.05) is 44.5 Å². The Morgan fingerprint density at radius 1 is 1.36 bits per heavy atom. The number of non-ortho nitro benzene ring substituents is 1. The Morgan fingerprint density at radius 2 is 2.14 bits per heavy atom. The first kappa shape index (κ1) is 20.3. The Bertz CT molecular complexity index is 856. The van der Waals surface area contributed by atoms with Gasteiger partial charge in [-0.2, -0.15) is 0 Å². The van der Waals surface area contributed by atoms with E-state index >= 15 is 0 Å². The fraction of sp³-hybridized carbons (Fsp3) is 0.526. The highest BCUT2D eigenvalue weighted by Gasteiger charge is 2.30. The number of rotatable bonds is 6. The maximum atomic E-state index is 12.6. The maximum absolute atomic E-state index is 12.6. The number of thioether (sulfide) groups is 1. The zero-order valence-corrected chi connectivity index (χ0v) is 16.9. The number of nitrogens with one attached hydrogen (secondary N) is 1. The van der Waals surface area contributed by atoms with Crippen molar-refractivity contribution in [1.82, 2.24) is 15.5 Å². The lowest BCUT2D eigenvalue weighted by Crippen LogP contribution is -2.46. The van der Waals surface area contributed by atoms with E-state index in [1.807, 2.05) is 0 Å². The van der Waals surface area contributed by atoms with Crippen molar-refractivity contribution >= 4 is 23.4 Å². The highest BCUT2D eigenvalue weighted by molar-refractivity contribution is 8.00. The molecular formula is C19H24N4O4S. The molecule has 0 radical (unpaired) electrons. The molecule has 0 bridgehead atoms. The molecule has 1 aliphatic rings. The van der Waals surface area contributed by atoms with Crippen LogP contribution in [0.15, 0.2) is 33.9 Å². The van der Waals surface area contributed by atoms with Crippen molar-refractivity contribution in [2.24, 2.45) is 11.8 Å². The predicted octanol–water partition coefficient (Wildman–Crippen LogP) is 4.07. The number of benzene rings is 1. The summed E-state index contributed by atoms with van der Waals surface area (Å²) in [7, 11) is 0. The number of hydrogen-bond donors (Lipinski definition) is 1. The molecule has 0 unspecified atom stereocenters. The van der Waals surface area contributed by atoms with Gasteiger partial charge < -0.3 is 9.73 Å². The first-order chi connectivity index (χ1) is 13.3. The van der Waals surface area contributed by atoms with Crippen LogP contribution in [-0.4, -0.2) is 32.3 Å². The summed E-state index contributed by atoms with van der Waals surface area (Å²) >= 11 is 1.18. The molecule has 3 rings (SSSR count). The van der Waals surface area contributed by atoms with Gasteiger partial charge >= 0.3 is 0 Å². The highest BCUT2D eigenvalue weighted by atomic mass is 32.2. The lowest BCUT2D eigenvalue weighted by molar-refractivity contribution is -0.384. The third-order valence-electron chi connectivity index (χ3n) is 5.39. The molecule has 0 saturated heterocycles. The van der Waals surface area contributed by atoms with Crippen LogP contribution in [0.2, 0.25) is 0 Å². The summed E-state index contributed by atoms with van der Waals surface area (Å²) in [6, 6.07) is 6.20. The number of nitro benzene ring substituents is 1. The number of carbonyl (C=O) groups is 1. The van der Waals surface area contributed by atoms with Crippen LogP contribution >= 0.6 is 11.8 Å². The molecule has 2 aromatic rings. The van der Waals surface area contributed by atoms with E-state index in [9.17, 15) is 14.9 Å². The molecular weight excluding hydrogens is 380 g/mol. The van der Waals surface area contributed by atoms with Crippen LogP contribution in [0.3, 0.4) is 0 Å². The zero-order chi connectivity index (χ0) is 20.3. The summed E-state index contributed by atoms with van der Waals surface area (Å²) in [5.74, 6) is 1.20. The van der Waals surface area contributed by atoms with Crippen LogP contribution in [0.1, 0.15) is 40.0 Å². The van der Waals surface area contributed by atoms with Crippen molar-refractivity contribution < 1.29 is 14.1 Å². The van der Waals surface area contributed by atoms with E-state index in [4.69, 9.17) is 4.42 Å². The number of aromatic nitrogens is 2. The van der Waals surface area contributed by atoms with Gasteiger partial charge in [0.05, 0.1) is 10.2 Å². The third-order valence-corrected chi connectivity index (χ3v) is 6.33. The Labute approximate surface area is 167 Å². The van der Waals surface area contributed by atoms with E-state index in [0.717, 1.165) is 12.8 Å². The Hall–Kier alpha value is -2.42. The van der Waals surface area contributed by atoms with E-state index in [1.165, 1.54) is 30.3 Å². The first-order valence-corrected chi connectivity index (χ1v) is 10.3. The number of amides is 1. The topological polar surface area (TPSA) is 111 Å². The monoisotopic (exact) mass is 404 g/mol. The molecule has 1 fully saturated rings. The lowest BCUT2D eigenvalue weighted by atomic mass is 9.78. The van der Waals surface area contributed by atoms with E-state index < -0.39 is 4.92 Å². The van der Waals surface area contributed by atoms with Crippen LogP contribution in [-0.2, 0) is 4.79 Å². The molecule has 1 N–H and O–H groups in total. The normalized spacial score (nSPS) is 23.2. The maximum Gasteiger partial charge on any atom is 0.277 e.